The number of carbonyl (C=O) groups is 1. The minimum absolute atomic E-state index is 0.243. The molecule has 3 N–H and O–H groups in total. The molecule has 1 unspecified atom stereocenters. The number of carboxylic acid groups (broad SMARTS) is 1. The van der Waals surface area contributed by atoms with E-state index < -0.39 is 5.97 Å². The number of ether oxygens (including phenoxy) is 1. The van der Waals surface area contributed by atoms with Gasteiger partial charge in [0, 0.05) is 47.0 Å². The Morgan fingerprint density at radius 2 is 2.06 bits per heavy atom. The predicted octanol–water partition coefficient (Wildman–Crippen LogP) is 5.48. The van der Waals surface area contributed by atoms with E-state index >= 15 is 0 Å². The predicted molar refractivity (Wildman–Crippen MR) is 127 cm³/mol. The van der Waals surface area contributed by atoms with Crippen molar-refractivity contribution in [2.45, 2.75) is 57.7 Å². The van der Waals surface area contributed by atoms with Crippen molar-refractivity contribution >= 4 is 22.6 Å². The lowest BCUT2D eigenvalue weighted by molar-refractivity contribution is 0.0696. The second-order valence-corrected chi connectivity index (χ2v) is 9.15. The van der Waals surface area contributed by atoms with Gasteiger partial charge in [-0.1, -0.05) is 12.5 Å². The number of aromatic nitrogens is 1. The van der Waals surface area contributed by atoms with Gasteiger partial charge in [0.15, 0.2) is 0 Å². The van der Waals surface area contributed by atoms with Gasteiger partial charge in [0.2, 0.25) is 0 Å². The summed E-state index contributed by atoms with van der Waals surface area (Å²) < 4.78 is 5.79. The van der Waals surface area contributed by atoms with Crippen LogP contribution < -0.4 is 10.1 Å². The number of likely N-dealkylation sites (tertiary alicyclic amines) is 1. The van der Waals surface area contributed by atoms with E-state index in [1.54, 1.807) is 13.2 Å². The van der Waals surface area contributed by atoms with Gasteiger partial charge in [-0.05, 0) is 74.5 Å². The standard InChI is InChI=1S/C26H31N3O3/c1-16-13-24(32-2)21(19-10-11-27-25(16)19)15-29-12-4-3-5-23(29)20-9-6-17(26(30)31)14-22(20)28-18-7-8-18/h6,9-11,13-14,18,23,27-28H,3-5,7-8,12,15H2,1-2H3,(H,30,31). The molecule has 2 aliphatic rings. The quantitative estimate of drug-likeness (QED) is 0.460. The van der Waals surface area contributed by atoms with Crippen LogP contribution in [0.5, 0.6) is 5.75 Å². The lowest BCUT2D eigenvalue weighted by Crippen LogP contribution is -2.33. The van der Waals surface area contributed by atoms with Gasteiger partial charge in [-0.2, -0.15) is 0 Å². The van der Waals surface area contributed by atoms with Crippen LogP contribution in [-0.2, 0) is 6.54 Å². The average Bonchev–Trinajstić information content (AvgIpc) is 3.47. The van der Waals surface area contributed by atoms with Gasteiger partial charge in [-0.3, -0.25) is 4.90 Å². The van der Waals surface area contributed by atoms with Crippen LogP contribution in [0.1, 0.15) is 65.2 Å². The zero-order valence-electron chi connectivity index (χ0n) is 18.8. The molecule has 1 aliphatic heterocycles. The fourth-order valence-electron chi connectivity index (χ4n) is 5.07. The number of aryl methyl sites for hydroxylation is 1. The minimum atomic E-state index is -0.880. The van der Waals surface area contributed by atoms with Crippen molar-refractivity contribution in [2.24, 2.45) is 0 Å². The number of aromatic amines is 1. The molecule has 0 amide bonds. The molecule has 1 aliphatic carbocycles. The Balaban J connectivity index is 1.52. The summed E-state index contributed by atoms with van der Waals surface area (Å²) in [7, 11) is 1.74. The maximum absolute atomic E-state index is 11.6. The summed E-state index contributed by atoms with van der Waals surface area (Å²) in [6, 6.07) is 10.6. The summed E-state index contributed by atoms with van der Waals surface area (Å²) in [5.74, 6) is 0.0478. The summed E-state index contributed by atoms with van der Waals surface area (Å²) in [5, 5.41) is 14.3. The maximum Gasteiger partial charge on any atom is 0.335 e. The van der Waals surface area contributed by atoms with Gasteiger partial charge in [0.1, 0.15) is 5.75 Å². The molecular formula is C26H31N3O3. The van der Waals surface area contributed by atoms with Crippen LogP contribution in [0.4, 0.5) is 5.69 Å². The van der Waals surface area contributed by atoms with E-state index in [2.05, 4.69) is 34.3 Å². The normalized spacial score (nSPS) is 19.2. The summed E-state index contributed by atoms with van der Waals surface area (Å²) in [5.41, 5.74) is 6.08. The lowest BCUT2D eigenvalue weighted by atomic mass is 9.92. The van der Waals surface area contributed by atoms with E-state index in [0.717, 1.165) is 49.3 Å². The number of nitrogens with one attached hydrogen (secondary N) is 2. The van der Waals surface area contributed by atoms with Crippen molar-refractivity contribution in [1.82, 2.24) is 9.88 Å². The number of aromatic carboxylic acids is 1. The topological polar surface area (TPSA) is 77.6 Å². The van der Waals surface area contributed by atoms with Gasteiger partial charge in [-0.25, -0.2) is 4.79 Å². The Morgan fingerprint density at radius 3 is 2.81 bits per heavy atom. The Morgan fingerprint density at radius 1 is 1.22 bits per heavy atom. The molecule has 0 bridgehead atoms. The van der Waals surface area contributed by atoms with E-state index in [0.29, 0.717) is 11.6 Å². The number of rotatable bonds is 7. The molecular weight excluding hydrogens is 402 g/mol. The molecule has 2 aromatic carbocycles. The van der Waals surface area contributed by atoms with Crippen LogP contribution in [0.3, 0.4) is 0 Å². The monoisotopic (exact) mass is 433 g/mol. The minimum Gasteiger partial charge on any atom is -0.496 e. The average molecular weight is 434 g/mol. The number of carboxylic acids is 1. The first-order chi connectivity index (χ1) is 15.5. The van der Waals surface area contributed by atoms with Gasteiger partial charge in [0.25, 0.3) is 0 Å². The molecule has 1 saturated carbocycles. The first-order valence-corrected chi connectivity index (χ1v) is 11.6. The molecule has 6 heteroatoms. The summed E-state index contributed by atoms with van der Waals surface area (Å²) in [6.07, 6.45) is 7.70. The number of methoxy groups -OCH3 is 1. The number of H-pyrrole nitrogens is 1. The third kappa shape index (κ3) is 3.95. The smallest absolute Gasteiger partial charge is 0.335 e. The van der Waals surface area contributed by atoms with Crippen molar-refractivity contribution < 1.29 is 14.6 Å². The largest absolute Gasteiger partial charge is 0.496 e. The van der Waals surface area contributed by atoms with Crippen molar-refractivity contribution in [3.63, 3.8) is 0 Å². The van der Waals surface area contributed by atoms with Crippen molar-refractivity contribution in [3.8, 4) is 5.75 Å². The number of anilines is 1. The maximum atomic E-state index is 11.6. The van der Waals surface area contributed by atoms with Crippen molar-refractivity contribution in [2.75, 3.05) is 19.0 Å². The molecule has 2 heterocycles. The number of nitrogens with zero attached hydrogens (tertiary/aromatic N) is 1. The fourth-order valence-corrected chi connectivity index (χ4v) is 5.07. The lowest BCUT2D eigenvalue weighted by Gasteiger charge is -2.37. The first kappa shape index (κ1) is 20.9. The Kier molecular flexibility index (Phi) is 5.55. The molecule has 1 atom stereocenters. The first-order valence-electron chi connectivity index (χ1n) is 11.6. The van der Waals surface area contributed by atoms with Crippen LogP contribution in [-0.4, -0.2) is 40.7 Å². The molecule has 32 heavy (non-hydrogen) atoms. The molecule has 168 valence electrons. The number of piperidine rings is 1. The highest BCUT2D eigenvalue weighted by molar-refractivity contribution is 5.89. The Hall–Kier alpha value is -2.99. The summed E-state index contributed by atoms with van der Waals surface area (Å²) in [6.45, 7) is 3.91. The van der Waals surface area contributed by atoms with Gasteiger partial charge >= 0.3 is 5.97 Å². The number of hydrogen-bond donors (Lipinski definition) is 3. The second-order valence-electron chi connectivity index (χ2n) is 9.15. The highest BCUT2D eigenvalue weighted by Crippen LogP contribution is 2.40. The van der Waals surface area contributed by atoms with Crippen molar-refractivity contribution in [3.05, 3.63) is 58.8 Å². The van der Waals surface area contributed by atoms with Gasteiger partial charge < -0.3 is 20.1 Å². The van der Waals surface area contributed by atoms with Gasteiger partial charge in [-0.15, -0.1) is 0 Å². The number of benzene rings is 2. The SMILES string of the molecule is COc1cc(C)c2[nH]ccc2c1CN1CCCCC1c1ccc(C(=O)O)cc1NC1CC1. The van der Waals surface area contributed by atoms with Crippen LogP contribution in [0.15, 0.2) is 36.5 Å². The molecule has 1 saturated heterocycles. The molecule has 5 rings (SSSR count). The summed E-state index contributed by atoms with van der Waals surface area (Å²) >= 11 is 0. The highest BCUT2D eigenvalue weighted by atomic mass is 16.5. The van der Waals surface area contributed by atoms with E-state index in [4.69, 9.17) is 4.74 Å². The molecule has 2 fully saturated rings. The van der Waals surface area contributed by atoms with Crippen LogP contribution in [0.25, 0.3) is 10.9 Å². The third-order valence-corrected chi connectivity index (χ3v) is 6.90. The van der Waals surface area contributed by atoms with E-state index in [9.17, 15) is 9.90 Å². The Labute approximate surface area is 188 Å². The van der Waals surface area contributed by atoms with Crippen LogP contribution in [0.2, 0.25) is 0 Å². The zero-order chi connectivity index (χ0) is 22.2. The molecule has 6 nitrogen and oxygen atoms in total. The third-order valence-electron chi connectivity index (χ3n) is 6.90. The fraction of sp³-hybridized carbons (Fsp3) is 0.423. The second kappa shape index (κ2) is 8.51. The zero-order valence-corrected chi connectivity index (χ0v) is 18.8. The summed E-state index contributed by atoms with van der Waals surface area (Å²) in [4.78, 5) is 17.5. The molecule has 3 aromatic rings. The van der Waals surface area contributed by atoms with Gasteiger partial charge in [0.05, 0.1) is 12.7 Å². The molecule has 0 spiro atoms. The molecule has 1 aromatic heterocycles. The van der Waals surface area contributed by atoms with Crippen molar-refractivity contribution in [1.29, 1.82) is 0 Å². The van der Waals surface area contributed by atoms with Crippen LogP contribution in [0, 0.1) is 6.92 Å². The molecule has 0 radical (unpaired) electrons. The van der Waals surface area contributed by atoms with E-state index in [1.807, 2.05) is 18.3 Å². The van der Waals surface area contributed by atoms with E-state index in [-0.39, 0.29) is 6.04 Å². The number of hydrogen-bond acceptors (Lipinski definition) is 4. The van der Waals surface area contributed by atoms with E-state index in [1.165, 1.54) is 34.9 Å². The van der Waals surface area contributed by atoms with Crippen LogP contribution >= 0.6 is 0 Å². The highest BCUT2D eigenvalue weighted by Gasteiger charge is 2.30. The Bertz CT molecular complexity index is 1150. The number of fused-ring (bicyclic) bond motifs is 1.